The van der Waals surface area contributed by atoms with Gasteiger partial charge in [-0.25, -0.2) is 8.78 Å². The molecule has 1 N–H and O–H groups in total. The van der Waals surface area contributed by atoms with E-state index in [9.17, 15) is 18.4 Å². The van der Waals surface area contributed by atoms with Gasteiger partial charge in [-0.05, 0) is 24.3 Å². The smallest absolute Gasteiger partial charge is 0.244 e. The maximum absolute atomic E-state index is 13.8. The lowest BCUT2D eigenvalue weighted by Crippen LogP contribution is -2.37. The van der Waals surface area contributed by atoms with E-state index in [4.69, 9.17) is 5.26 Å². The summed E-state index contributed by atoms with van der Waals surface area (Å²) >= 11 is 0. The van der Waals surface area contributed by atoms with E-state index in [0.717, 1.165) is 17.0 Å². The number of benzene rings is 2. The highest BCUT2D eigenvalue weighted by atomic mass is 19.1. The molecule has 5 nitrogen and oxygen atoms in total. The molecule has 2 aromatic carbocycles. The van der Waals surface area contributed by atoms with Crippen molar-refractivity contribution < 1.29 is 18.4 Å². The van der Waals surface area contributed by atoms with E-state index in [1.165, 1.54) is 19.1 Å². The molecule has 0 bridgehead atoms. The van der Waals surface area contributed by atoms with Crippen LogP contribution in [0.3, 0.4) is 0 Å². The molecule has 24 heavy (non-hydrogen) atoms. The number of anilines is 2. The molecule has 0 fully saturated rings. The minimum Gasteiger partial charge on any atom is -0.323 e. The third kappa shape index (κ3) is 3.93. The Morgan fingerprint density at radius 1 is 1.21 bits per heavy atom. The summed E-state index contributed by atoms with van der Waals surface area (Å²) in [4.78, 5) is 24.7. The van der Waals surface area contributed by atoms with Crippen LogP contribution in [0.1, 0.15) is 12.5 Å². The highest BCUT2D eigenvalue weighted by Crippen LogP contribution is 2.21. The minimum atomic E-state index is -0.949. The van der Waals surface area contributed by atoms with Crippen LogP contribution in [0.25, 0.3) is 0 Å². The predicted molar refractivity (Wildman–Crippen MR) is 84.2 cm³/mol. The quantitative estimate of drug-likeness (QED) is 0.937. The van der Waals surface area contributed by atoms with E-state index < -0.39 is 30.0 Å². The zero-order chi connectivity index (χ0) is 17.7. The fraction of sp³-hybridized carbons (Fsp3) is 0.118. The molecule has 0 saturated carbocycles. The average Bonchev–Trinajstić information content (AvgIpc) is 2.53. The first-order chi connectivity index (χ1) is 11.4. The largest absolute Gasteiger partial charge is 0.323 e. The molecule has 0 aromatic heterocycles. The van der Waals surface area contributed by atoms with E-state index in [0.29, 0.717) is 6.07 Å². The molecule has 0 heterocycles. The zero-order valence-electron chi connectivity index (χ0n) is 12.7. The summed E-state index contributed by atoms with van der Waals surface area (Å²) in [6.07, 6.45) is 0. The molecule has 0 aliphatic heterocycles. The number of hydrogen-bond acceptors (Lipinski definition) is 3. The maximum Gasteiger partial charge on any atom is 0.244 e. The second-order valence-corrected chi connectivity index (χ2v) is 4.91. The topological polar surface area (TPSA) is 73.2 Å². The number of nitriles is 1. The van der Waals surface area contributed by atoms with Crippen molar-refractivity contribution in [3.63, 3.8) is 0 Å². The molecule has 2 aromatic rings. The molecule has 122 valence electrons. The molecule has 0 unspecified atom stereocenters. The molecule has 2 amide bonds. The number of amides is 2. The first-order valence-electron chi connectivity index (χ1n) is 6.94. The normalized spacial score (nSPS) is 9.92. The van der Waals surface area contributed by atoms with Crippen LogP contribution in [-0.2, 0) is 9.59 Å². The van der Waals surface area contributed by atoms with Gasteiger partial charge in [0.15, 0.2) is 0 Å². The van der Waals surface area contributed by atoms with Crippen molar-refractivity contribution in [3.8, 4) is 6.07 Å². The van der Waals surface area contributed by atoms with Crippen LogP contribution in [0.15, 0.2) is 42.5 Å². The van der Waals surface area contributed by atoms with Crippen molar-refractivity contribution in [1.82, 2.24) is 0 Å². The maximum atomic E-state index is 13.8. The van der Waals surface area contributed by atoms with Gasteiger partial charge in [0, 0.05) is 13.0 Å². The van der Waals surface area contributed by atoms with Crippen LogP contribution in [-0.4, -0.2) is 18.4 Å². The molecule has 0 spiro atoms. The van der Waals surface area contributed by atoms with E-state index in [1.54, 1.807) is 12.1 Å². The SMILES string of the molecule is CC(=O)N(CC(=O)Nc1ccccc1C#N)c1ccc(F)cc1F. The van der Waals surface area contributed by atoms with Gasteiger partial charge in [-0.15, -0.1) is 0 Å². The Kier molecular flexibility index (Phi) is 5.22. The monoisotopic (exact) mass is 329 g/mol. The van der Waals surface area contributed by atoms with Crippen LogP contribution >= 0.6 is 0 Å². The van der Waals surface area contributed by atoms with Crippen molar-refractivity contribution in [2.75, 3.05) is 16.8 Å². The van der Waals surface area contributed by atoms with Crippen LogP contribution in [0, 0.1) is 23.0 Å². The van der Waals surface area contributed by atoms with Gasteiger partial charge in [-0.2, -0.15) is 5.26 Å². The Labute approximate surface area is 137 Å². The van der Waals surface area contributed by atoms with Crippen LogP contribution in [0.4, 0.5) is 20.2 Å². The van der Waals surface area contributed by atoms with Gasteiger partial charge in [0.25, 0.3) is 0 Å². The molecule has 0 radical (unpaired) electrons. The summed E-state index contributed by atoms with van der Waals surface area (Å²) < 4.78 is 26.8. The molecule has 0 aliphatic rings. The lowest BCUT2D eigenvalue weighted by atomic mass is 10.2. The highest BCUT2D eigenvalue weighted by Gasteiger charge is 2.20. The fourth-order valence-corrected chi connectivity index (χ4v) is 2.09. The number of carbonyl (C=O) groups is 2. The van der Waals surface area contributed by atoms with Crippen molar-refractivity contribution in [1.29, 1.82) is 5.26 Å². The van der Waals surface area contributed by atoms with Crippen LogP contribution < -0.4 is 10.2 Å². The van der Waals surface area contributed by atoms with Gasteiger partial charge in [0.1, 0.15) is 24.2 Å². The Bertz CT molecular complexity index is 831. The third-order valence-electron chi connectivity index (χ3n) is 3.20. The second-order valence-electron chi connectivity index (χ2n) is 4.91. The van der Waals surface area contributed by atoms with Crippen molar-refractivity contribution >= 4 is 23.2 Å². The van der Waals surface area contributed by atoms with Gasteiger partial charge in [-0.1, -0.05) is 12.1 Å². The number of hydrogen-bond donors (Lipinski definition) is 1. The lowest BCUT2D eigenvalue weighted by Gasteiger charge is -2.21. The van der Waals surface area contributed by atoms with Crippen molar-refractivity contribution in [2.24, 2.45) is 0 Å². The Balaban J connectivity index is 2.20. The number of rotatable bonds is 4. The van der Waals surface area contributed by atoms with E-state index >= 15 is 0 Å². The molecule has 7 heteroatoms. The van der Waals surface area contributed by atoms with Gasteiger partial charge in [0.2, 0.25) is 11.8 Å². The number of halogens is 2. The van der Waals surface area contributed by atoms with Gasteiger partial charge >= 0.3 is 0 Å². The Hall–Kier alpha value is -3.27. The first-order valence-corrected chi connectivity index (χ1v) is 6.94. The molecule has 0 atom stereocenters. The van der Waals surface area contributed by atoms with Crippen molar-refractivity contribution in [3.05, 3.63) is 59.7 Å². The summed E-state index contributed by atoms with van der Waals surface area (Å²) in [5, 5.41) is 11.5. The Morgan fingerprint density at radius 2 is 1.92 bits per heavy atom. The molecule has 0 aliphatic carbocycles. The van der Waals surface area contributed by atoms with E-state index in [1.807, 2.05) is 6.07 Å². The minimum absolute atomic E-state index is 0.201. The van der Waals surface area contributed by atoms with Gasteiger partial charge in [-0.3, -0.25) is 9.59 Å². The van der Waals surface area contributed by atoms with E-state index in [2.05, 4.69) is 5.32 Å². The summed E-state index contributed by atoms with van der Waals surface area (Å²) in [5.74, 6) is -2.93. The fourth-order valence-electron chi connectivity index (χ4n) is 2.09. The third-order valence-corrected chi connectivity index (χ3v) is 3.20. The van der Waals surface area contributed by atoms with Crippen molar-refractivity contribution in [2.45, 2.75) is 6.92 Å². The number of carbonyl (C=O) groups excluding carboxylic acids is 2. The number of para-hydroxylation sites is 1. The van der Waals surface area contributed by atoms with Gasteiger partial charge < -0.3 is 10.2 Å². The standard InChI is InChI=1S/C17H13F2N3O2/c1-11(23)22(16-7-6-13(18)8-14(16)19)10-17(24)21-15-5-3-2-4-12(15)9-20/h2-8H,10H2,1H3,(H,21,24). The van der Waals surface area contributed by atoms with Gasteiger partial charge in [0.05, 0.1) is 16.9 Å². The molecular weight excluding hydrogens is 316 g/mol. The number of nitrogens with zero attached hydrogens (tertiary/aromatic N) is 2. The predicted octanol–water partition coefficient (Wildman–Crippen LogP) is 2.83. The summed E-state index contributed by atoms with van der Waals surface area (Å²) in [6.45, 7) is 0.691. The van der Waals surface area contributed by atoms with E-state index in [-0.39, 0.29) is 16.9 Å². The molecule has 0 saturated heterocycles. The lowest BCUT2D eigenvalue weighted by molar-refractivity contribution is -0.120. The summed E-state index contributed by atoms with van der Waals surface area (Å²) in [5.41, 5.74) is 0.342. The molecular formula is C17H13F2N3O2. The Morgan fingerprint density at radius 3 is 2.54 bits per heavy atom. The number of nitrogens with one attached hydrogen (secondary N) is 1. The highest BCUT2D eigenvalue weighted by molar-refractivity contribution is 6.02. The molecule has 2 rings (SSSR count). The summed E-state index contributed by atoms with van der Waals surface area (Å²) in [6, 6.07) is 11.0. The summed E-state index contributed by atoms with van der Waals surface area (Å²) in [7, 11) is 0. The van der Waals surface area contributed by atoms with Crippen LogP contribution in [0.2, 0.25) is 0 Å². The second kappa shape index (κ2) is 7.33. The first kappa shape index (κ1) is 17.1. The van der Waals surface area contributed by atoms with Crippen LogP contribution in [0.5, 0.6) is 0 Å². The zero-order valence-corrected chi connectivity index (χ0v) is 12.7. The average molecular weight is 329 g/mol.